The predicted octanol–water partition coefficient (Wildman–Crippen LogP) is 5.99. The molecule has 1 amide bonds. The van der Waals surface area contributed by atoms with E-state index in [2.05, 4.69) is 49.3 Å². The second kappa shape index (κ2) is 11.9. The molecule has 0 atom stereocenters. The lowest BCUT2D eigenvalue weighted by atomic mass is 10.0. The van der Waals surface area contributed by atoms with Gasteiger partial charge in [0.25, 0.3) is 10.0 Å². The van der Waals surface area contributed by atoms with Crippen LogP contribution in [0.15, 0.2) is 95.1 Å². The van der Waals surface area contributed by atoms with Gasteiger partial charge in [-0.15, -0.1) is 0 Å². The van der Waals surface area contributed by atoms with E-state index in [0.29, 0.717) is 16.5 Å². The second-order valence-corrected chi connectivity index (χ2v) is 12.1. The van der Waals surface area contributed by atoms with Gasteiger partial charge in [-0.2, -0.15) is 0 Å². The van der Waals surface area contributed by atoms with Crippen LogP contribution in [0.25, 0.3) is 22.5 Å². The minimum Gasteiger partial charge on any atom is -0.332 e. The number of thioether (sulfide) groups is 1. The van der Waals surface area contributed by atoms with Crippen LogP contribution in [0.5, 0.6) is 0 Å². The van der Waals surface area contributed by atoms with Crippen molar-refractivity contribution in [2.75, 3.05) is 15.8 Å². The van der Waals surface area contributed by atoms with Gasteiger partial charge in [0.15, 0.2) is 5.16 Å². The lowest BCUT2D eigenvalue weighted by Crippen LogP contribution is -2.16. The summed E-state index contributed by atoms with van der Waals surface area (Å²) in [5.41, 5.74) is 7.14. The van der Waals surface area contributed by atoms with Gasteiger partial charge in [0.2, 0.25) is 11.9 Å². The van der Waals surface area contributed by atoms with E-state index in [1.807, 2.05) is 38.1 Å². The Kier molecular flexibility index (Phi) is 8.18. The highest BCUT2D eigenvalue weighted by Gasteiger charge is 2.17. The second-order valence-electron chi connectivity index (χ2n) is 9.49. The fraction of sp³-hybridized carbons (Fsp3) is 0.133. The molecular formula is C30H28N6O3S2. The largest absolute Gasteiger partial charge is 0.332 e. The zero-order valence-electron chi connectivity index (χ0n) is 22.7. The van der Waals surface area contributed by atoms with Gasteiger partial charge in [0.05, 0.1) is 22.0 Å². The Bertz CT molecular complexity index is 1720. The molecule has 2 heterocycles. The van der Waals surface area contributed by atoms with Crippen LogP contribution in [0, 0.1) is 20.8 Å². The highest BCUT2D eigenvalue weighted by Crippen LogP contribution is 2.33. The van der Waals surface area contributed by atoms with Gasteiger partial charge in [-0.1, -0.05) is 71.4 Å². The number of carbonyl (C=O) groups excluding carboxylic acids is 1. The number of anilines is 2. The van der Waals surface area contributed by atoms with E-state index in [1.54, 1.807) is 13.0 Å². The molecule has 2 aromatic heterocycles. The van der Waals surface area contributed by atoms with E-state index in [1.165, 1.54) is 47.8 Å². The summed E-state index contributed by atoms with van der Waals surface area (Å²) in [4.78, 5) is 28.9. The fourth-order valence-corrected chi connectivity index (χ4v) is 5.62. The minimum atomic E-state index is -3.88. The number of aromatic nitrogens is 4. The molecule has 5 rings (SSSR count). The lowest BCUT2D eigenvalue weighted by Gasteiger charge is -2.08. The molecule has 9 nitrogen and oxygen atoms in total. The molecule has 0 aliphatic rings. The van der Waals surface area contributed by atoms with Gasteiger partial charge in [-0.05, 0) is 51.1 Å². The number of carbonyl (C=O) groups is 1. The Balaban J connectivity index is 1.26. The van der Waals surface area contributed by atoms with Crippen LogP contribution in [0.4, 0.5) is 11.6 Å². The van der Waals surface area contributed by atoms with Crippen LogP contribution < -0.4 is 10.0 Å². The number of imidazole rings is 1. The highest BCUT2D eigenvalue weighted by atomic mass is 32.2. The Morgan fingerprint density at radius 1 is 0.829 bits per heavy atom. The summed E-state index contributed by atoms with van der Waals surface area (Å²) in [5.74, 6) is -0.143. The monoisotopic (exact) mass is 584 g/mol. The van der Waals surface area contributed by atoms with Crippen LogP contribution >= 0.6 is 11.8 Å². The molecular weight excluding hydrogens is 557 g/mol. The van der Waals surface area contributed by atoms with E-state index in [4.69, 9.17) is 4.98 Å². The normalized spacial score (nSPS) is 11.3. The number of benzene rings is 3. The van der Waals surface area contributed by atoms with Crippen molar-refractivity contribution in [1.82, 2.24) is 19.9 Å². The lowest BCUT2D eigenvalue weighted by molar-refractivity contribution is -0.113. The summed E-state index contributed by atoms with van der Waals surface area (Å²) in [6, 6.07) is 23.9. The van der Waals surface area contributed by atoms with E-state index in [-0.39, 0.29) is 22.5 Å². The molecule has 3 N–H and O–H groups in total. The number of H-pyrrole nitrogens is 1. The summed E-state index contributed by atoms with van der Waals surface area (Å²) in [7, 11) is -3.88. The Hall–Kier alpha value is -4.48. The molecule has 11 heteroatoms. The average molecular weight is 585 g/mol. The number of aromatic amines is 1. The van der Waals surface area contributed by atoms with Crippen molar-refractivity contribution >= 4 is 39.3 Å². The first-order chi connectivity index (χ1) is 19.7. The van der Waals surface area contributed by atoms with Gasteiger partial charge >= 0.3 is 0 Å². The van der Waals surface area contributed by atoms with Crippen LogP contribution in [0.2, 0.25) is 0 Å². The van der Waals surface area contributed by atoms with Crippen molar-refractivity contribution in [3.05, 3.63) is 102 Å². The molecule has 0 unspecified atom stereocenters. The number of hydrogen-bond acceptors (Lipinski definition) is 7. The van der Waals surface area contributed by atoms with Crippen molar-refractivity contribution in [2.45, 2.75) is 30.8 Å². The van der Waals surface area contributed by atoms with Crippen molar-refractivity contribution in [1.29, 1.82) is 0 Å². The maximum absolute atomic E-state index is 12.7. The predicted molar refractivity (Wildman–Crippen MR) is 162 cm³/mol. The number of hydrogen-bond donors (Lipinski definition) is 3. The number of rotatable bonds is 9. The molecule has 208 valence electrons. The molecule has 0 fully saturated rings. The molecule has 0 spiro atoms. The number of aryl methyl sites for hydroxylation is 3. The molecule has 0 aliphatic heterocycles. The molecule has 5 aromatic rings. The topological polar surface area (TPSA) is 130 Å². The Morgan fingerprint density at radius 3 is 2.10 bits per heavy atom. The maximum atomic E-state index is 12.7. The van der Waals surface area contributed by atoms with Gasteiger partial charge in [-0.3, -0.25) is 4.79 Å². The first kappa shape index (κ1) is 28.1. The van der Waals surface area contributed by atoms with E-state index >= 15 is 0 Å². The summed E-state index contributed by atoms with van der Waals surface area (Å²) in [6.45, 7) is 5.83. The van der Waals surface area contributed by atoms with E-state index in [9.17, 15) is 13.2 Å². The zero-order valence-corrected chi connectivity index (χ0v) is 24.3. The molecule has 3 aromatic carbocycles. The van der Waals surface area contributed by atoms with Gasteiger partial charge in [0.1, 0.15) is 0 Å². The van der Waals surface area contributed by atoms with Crippen molar-refractivity contribution in [2.24, 2.45) is 0 Å². The molecule has 0 aliphatic carbocycles. The van der Waals surface area contributed by atoms with Crippen LogP contribution in [0.3, 0.4) is 0 Å². The maximum Gasteiger partial charge on any atom is 0.264 e. The zero-order chi connectivity index (χ0) is 29.0. The van der Waals surface area contributed by atoms with Crippen molar-refractivity contribution in [3.63, 3.8) is 0 Å². The molecule has 0 saturated heterocycles. The minimum absolute atomic E-state index is 0.00611. The Labute approximate surface area is 242 Å². The van der Waals surface area contributed by atoms with Gasteiger partial charge in [-0.25, -0.2) is 28.1 Å². The van der Waals surface area contributed by atoms with Crippen molar-refractivity contribution in [3.8, 4) is 22.5 Å². The third kappa shape index (κ3) is 7.00. The molecule has 0 saturated carbocycles. The third-order valence-corrected chi connectivity index (χ3v) is 8.37. The molecule has 0 bridgehead atoms. The van der Waals surface area contributed by atoms with Crippen LogP contribution in [0.1, 0.15) is 16.8 Å². The SMILES string of the molecule is Cc1ccc(-c2nc(SCC(=O)Nc3ccc(S(=O)(=O)Nc4nccc(C)n4)cc3)[nH]c2-c2ccc(C)cc2)cc1. The average Bonchev–Trinajstić information content (AvgIpc) is 3.37. The van der Waals surface area contributed by atoms with Crippen LogP contribution in [-0.2, 0) is 14.8 Å². The number of sulfonamides is 1. The summed E-state index contributed by atoms with van der Waals surface area (Å²) in [6.07, 6.45) is 1.48. The standard InChI is InChI=1S/C30H28N6O3S2/c1-19-4-8-22(9-5-19)27-28(23-10-6-20(2)7-11-23)35-30(34-27)40-18-26(37)33-24-12-14-25(15-13-24)41(38,39)36-29-31-17-16-21(3)32-29/h4-17H,18H2,1-3H3,(H,33,37)(H,34,35)(H,31,32,36). The Morgan fingerprint density at radius 2 is 1.46 bits per heavy atom. The quantitative estimate of drug-likeness (QED) is 0.181. The van der Waals surface area contributed by atoms with E-state index < -0.39 is 10.0 Å². The number of nitrogens with one attached hydrogen (secondary N) is 3. The fourth-order valence-electron chi connectivity index (χ4n) is 3.99. The summed E-state index contributed by atoms with van der Waals surface area (Å²) >= 11 is 1.29. The highest BCUT2D eigenvalue weighted by molar-refractivity contribution is 7.99. The first-order valence-electron chi connectivity index (χ1n) is 12.8. The van der Waals surface area contributed by atoms with Crippen LogP contribution in [-0.4, -0.2) is 40.0 Å². The summed E-state index contributed by atoms with van der Waals surface area (Å²) in [5, 5.41) is 3.43. The number of nitrogens with zero attached hydrogens (tertiary/aromatic N) is 3. The van der Waals surface area contributed by atoms with Gasteiger partial charge < -0.3 is 10.3 Å². The summed E-state index contributed by atoms with van der Waals surface area (Å²) < 4.78 is 27.7. The van der Waals surface area contributed by atoms with Crippen molar-refractivity contribution < 1.29 is 13.2 Å². The van der Waals surface area contributed by atoms with E-state index in [0.717, 1.165) is 28.1 Å². The third-order valence-electron chi connectivity index (χ3n) is 6.16. The smallest absolute Gasteiger partial charge is 0.264 e. The van der Waals surface area contributed by atoms with Gasteiger partial charge in [0, 0.05) is 28.7 Å². The first-order valence-corrected chi connectivity index (χ1v) is 15.2. The molecule has 41 heavy (non-hydrogen) atoms. The number of amides is 1. The molecule has 0 radical (unpaired) electrons.